The second-order valence-electron chi connectivity index (χ2n) is 10.3. The molecule has 0 aromatic heterocycles. The molecule has 4 rings (SSSR count). The Morgan fingerprint density at radius 2 is 1.73 bits per heavy atom. The van der Waals surface area contributed by atoms with E-state index in [4.69, 9.17) is 0 Å². The van der Waals surface area contributed by atoms with Crippen LogP contribution < -0.4 is 9.80 Å². The highest BCUT2D eigenvalue weighted by atomic mass is 19.3. The molecule has 1 amide bonds. The summed E-state index contributed by atoms with van der Waals surface area (Å²) >= 11 is 0. The molecule has 0 spiro atoms. The predicted octanol–water partition coefficient (Wildman–Crippen LogP) is 7.18. The van der Waals surface area contributed by atoms with Crippen LogP contribution in [0.5, 0.6) is 0 Å². The van der Waals surface area contributed by atoms with Crippen LogP contribution in [0.2, 0.25) is 0 Å². The molecule has 0 radical (unpaired) electrons. The average molecular weight is 558 g/mol. The van der Waals surface area contributed by atoms with Crippen LogP contribution in [0, 0.1) is 17.2 Å². The van der Waals surface area contributed by atoms with E-state index < -0.39 is 12.6 Å². The number of amides is 1. The van der Waals surface area contributed by atoms with Crippen molar-refractivity contribution in [3.63, 3.8) is 0 Å². The highest BCUT2D eigenvalue weighted by molar-refractivity contribution is 5.95. The third kappa shape index (κ3) is 7.79. The normalized spacial score (nSPS) is 13.7. The Labute approximate surface area is 239 Å². The highest BCUT2D eigenvalue weighted by Crippen LogP contribution is 2.31. The highest BCUT2D eigenvalue weighted by Gasteiger charge is 2.27. The number of carbonyl (C=O) groups excluding carboxylic acids is 2. The summed E-state index contributed by atoms with van der Waals surface area (Å²) in [6.07, 6.45) is 7.06. The number of esters is 1. The summed E-state index contributed by atoms with van der Waals surface area (Å²) in [7, 11) is 3.94. The van der Waals surface area contributed by atoms with Gasteiger partial charge < -0.3 is 14.5 Å². The summed E-state index contributed by atoms with van der Waals surface area (Å²) in [6, 6.07) is 22.9. The number of hydrogen-bond donors (Lipinski definition) is 0. The number of anilines is 2. The summed E-state index contributed by atoms with van der Waals surface area (Å²) in [5.41, 5.74) is 5.30. The lowest BCUT2D eigenvalue weighted by Gasteiger charge is -2.30. The van der Waals surface area contributed by atoms with Gasteiger partial charge >= 0.3 is 12.6 Å². The van der Waals surface area contributed by atoms with Crippen molar-refractivity contribution in [2.24, 2.45) is 5.92 Å². The number of nitriles is 1. The van der Waals surface area contributed by atoms with E-state index in [9.17, 15) is 23.6 Å². The molecule has 0 atom stereocenters. The van der Waals surface area contributed by atoms with E-state index in [2.05, 4.69) is 10.8 Å². The predicted molar refractivity (Wildman–Crippen MR) is 156 cm³/mol. The first-order valence-electron chi connectivity index (χ1n) is 13.6. The van der Waals surface area contributed by atoms with E-state index in [1.54, 1.807) is 29.2 Å². The van der Waals surface area contributed by atoms with Crippen molar-refractivity contribution in [3.05, 3.63) is 89.5 Å². The molecule has 0 bridgehead atoms. The van der Waals surface area contributed by atoms with Crippen LogP contribution >= 0.6 is 0 Å². The Kier molecular flexibility index (Phi) is 9.86. The van der Waals surface area contributed by atoms with Crippen molar-refractivity contribution < 1.29 is 23.1 Å². The van der Waals surface area contributed by atoms with Crippen LogP contribution in [0.15, 0.2) is 72.8 Å². The van der Waals surface area contributed by atoms with Gasteiger partial charge in [0.15, 0.2) is 0 Å². The maximum Gasteiger partial charge on any atom is 0.389 e. The fraction of sp³-hybridized carbons (Fsp3) is 0.303. The zero-order chi connectivity index (χ0) is 29.4. The van der Waals surface area contributed by atoms with Gasteiger partial charge in [-0.15, -0.1) is 0 Å². The Hall–Kier alpha value is -4.51. The number of hydrogen-bond acceptors (Lipinski definition) is 5. The molecule has 0 unspecified atom stereocenters. The second-order valence-corrected chi connectivity index (χ2v) is 10.3. The first-order valence-corrected chi connectivity index (χ1v) is 13.6. The van der Waals surface area contributed by atoms with Gasteiger partial charge in [0.2, 0.25) is 5.91 Å². The van der Waals surface area contributed by atoms with E-state index in [0.717, 1.165) is 60.6 Å². The molecule has 0 saturated heterocycles. The van der Waals surface area contributed by atoms with Gasteiger partial charge in [-0.3, -0.25) is 4.79 Å². The molecule has 8 heteroatoms. The van der Waals surface area contributed by atoms with Gasteiger partial charge in [-0.05, 0) is 71.5 Å². The molecule has 3 aromatic carbocycles. The summed E-state index contributed by atoms with van der Waals surface area (Å²) < 4.78 is 28.5. The molecule has 6 nitrogen and oxygen atoms in total. The molecule has 0 N–H and O–H groups in total. The monoisotopic (exact) mass is 557 g/mol. The molecule has 0 aliphatic heterocycles. The largest absolute Gasteiger partial charge is 0.400 e. The number of alkyl halides is 2. The fourth-order valence-electron chi connectivity index (χ4n) is 5.11. The molecule has 212 valence electrons. The van der Waals surface area contributed by atoms with Crippen molar-refractivity contribution in [2.75, 3.05) is 23.9 Å². The fourth-order valence-corrected chi connectivity index (χ4v) is 5.11. The van der Waals surface area contributed by atoms with Crippen molar-refractivity contribution in [3.8, 4) is 17.2 Å². The van der Waals surface area contributed by atoms with Crippen LogP contribution in [-0.4, -0.2) is 32.6 Å². The summed E-state index contributed by atoms with van der Waals surface area (Å²) in [6.45, 7) is -2.94. The molecular formula is C33H33F2N3O3. The Bertz CT molecular complexity index is 1440. The number of carbonyl (C=O) groups is 2. The average Bonchev–Trinajstić information content (AvgIpc) is 2.98. The lowest BCUT2D eigenvalue weighted by Crippen LogP contribution is -2.36. The van der Waals surface area contributed by atoms with Crippen LogP contribution in [-0.2, 0) is 20.9 Å². The maximum absolute atomic E-state index is 13.8. The molecule has 1 aliphatic rings. The Balaban J connectivity index is 1.64. The lowest BCUT2D eigenvalue weighted by molar-refractivity contribution is -0.169. The second kappa shape index (κ2) is 13.7. The quantitative estimate of drug-likeness (QED) is 0.206. The number of ether oxygens (including phenoxy) is 1. The van der Waals surface area contributed by atoms with Gasteiger partial charge in [0.1, 0.15) is 0 Å². The van der Waals surface area contributed by atoms with Crippen LogP contribution in [0.1, 0.15) is 48.8 Å². The minimum atomic E-state index is -3.19. The van der Waals surface area contributed by atoms with Crippen LogP contribution in [0.3, 0.4) is 0 Å². The van der Waals surface area contributed by atoms with Crippen LogP contribution in [0.25, 0.3) is 17.2 Å². The maximum atomic E-state index is 13.8. The Morgan fingerprint density at radius 1 is 1.00 bits per heavy atom. The van der Waals surface area contributed by atoms with Gasteiger partial charge in [0.05, 0.1) is 18.2 Å². The third-order valence-corrected chi connectivity index (χ3v) is 7.26. The van der Waals surface area contributed by atoms with Crippen LogP contribution in [0.4, 0.5) is 20.2 Å². The van der Waals surface area contributed by atoms with E-state index in [1.165, 1.54) is 6.08 Å². The van der Waals surface area contributed by atoms with Gasteiger partial charge in [0, 0.05) is 37.5 Å². The minimum absolute atomic E-state index is 0.00444. The van der Waals surface area contributed by atoms with E-state index in [1.807, 2.05) is 61.5 Å². The van der Waals surface area contributed by atoms with Gasteiger partial charge in [0.25, 0.3) is 0 Å². The third-order valence-electron chi connectivity index (χ3n) is 7.26. The van der Waals surface area contributed by atoms with E-state index in [0.29, 0.717) is 16.8 Å². The smallest absolute Gasteiger partial charge is 0.389 e. The number of rotatable bonds is 9. The Morgan fingerprint density at radius 3 is 2.39 bits per heavy atom. The van der Waals surface area contributed by atoms with Gasteiger partial charge in [-0.2, -0.15) is 14.0 Å². The van der Waals surface area contributed by atoms with E-state index >= 15 is 0 Å². The van der Waals surface area contributed by atoms with Crippen molar-refractivity contribution in [2.45, 2.75) is 45.3 Å². The topological polar surface area (TPSA) is 73.6 Å². The first kappa shape index (κ1) is 29.5. The first-order chi connectivity index (χ1) is 19.7. The molecule has 1 aliphatic carbocycles. The van der Waals surface area contributed by atoms with Gasteiger partial charge in [-0.1, -0.05) is 55.7 Å². The molecule has 0 heterocycles. The number of benzene rings is 3. The van der Waals surface area contributed by atoms with Crippen molar-refractivity contribution >= 4 is 29.3 Å². The van der Waals surface area contributed by atoms with Crippen molar-refractivity contribution in [1.82, 2.24) is 0 Å². The van der Waals surface area contributed by atoms with Gasteiger partial charge in [-0.25, -0.2) is 4.79 Å². The van der Waals surface area contributed by atoms with E-state index in [-0.39, 0.29) is 18.4 Å². The standard InChI is InChI=1S/C33H33F2N3O3/c1-37(2)28-15-13-25(14-16-28)30-17-11-24(19-27(30)21-36)22-38(32(40)26-8-4-3-5-9-26)29-10-6-7-23(20-29)12-18-31(39)41-33(34)35/h6-7,10-20,26,33H,3-5,8-9,22H2,1-2H3/b18-12+. The zero-order valence-corrected chi connectivity index (χ0v) is 23.2. The SMILES string of the molecule is CN(C)c1ccc(-c2ccc(CN(C(=O)C3CCCCC3)c3cccc(/C=C/C(=O)OC(F)F)c3)cc2C#N)cc1. The summed E-state index contributed by atoms with van der Waals surface area (Å²) in [5, 5.41) is 9.98. The molecular weight excluding hydrogens is 524 g/mol. The number of nitrogens with zero attached hydrogens (tertiary/aromatic N) is 3. The van der Waals surface area contributed by atoms with Crippen molar-refractivity contribution in [1.29, 1.82) is 5.26 Å². The summed E-state index contributed by atoms with van der Waals surface area (Å²) in [4.78, 5) is 29.1. The summed E-state index contributed by atoms with van der Waals surface area (Å²) in [5.74, 6) is -1.25. The molecule has 3 aromatic rings. The lowest BCUT2D eigenvalue weighted by atomic mass is 9.88. The zero-order valence-electron chi connectivity index (χ0n) is 23.2. The molecule has 1 saturated carbocycles. The minimum Gasteiger partial charge on any atom is -0.400 e. The molecule has 1 fully saturated rings. The number of halogens is 2. The molecule has 41 heavy (non-hydrogen) atoms.